The number of piperidine rings is 1. The SMILES string of the molecule is COc1ccc(CCC[N+]2(CCCc3ccccc3)CCCC(NC(=O)c3nc(Cl)c(N)nc3N)C2)cc1. The monoisotopic (exact) mass is 537 g/mol. The fourth-order valence-corrected chi connectivity index (χ4v) is 5.62. The van der Waals surface area contributed by atoms with Gasteiger partial charge in [0, 0.05) is 12.8 Å². The van der Waals surface area contributed by atoms with E-state index in [9.17, 15) is 4.79 Å². The second kappa shape index (κ2) is 12.9. The van der Waals surface area contributed by atoms with E-state index in [0.717, 1.165) is 74.9 Å². The maximum Gasteiger partial charge on any atom is 0.274 e. The minimum absolute atomic E-state index is 0.0108. The van der Waals surface area contributed by atoms with Crippen LogP contribution in [0.2, 0.25) is 5.15 Å². The number of methoxy groups -OCH3 is 1. The number of amides is 1. The molecule has 1 fully saturated rings. The summed E-state index contributed by atoms with van der Waals surface area (Å²) in [4.78, 5) is 21.1. The molecular weight excluding hydrogens is 500 g/mol. The molecule has 2 aromatic carbocycles. The van der Waals surface area contributed by atoms with Crippen molar-refractivity contribution in [3.8, 4) is 5.75 Å². The highest BCUT2D eigenvalue weighted by Crippen LogP contribution is 2.24. The quantitative estimate of drug-likeness (QED) is 0.314. The van der Waals surface area contributed by atoms with Crippen LogP contribution in [0.4, 0.5) is 11.6 Å². The van der Waals surface area contributed by atoms with Crippen molar-refractivity contribution in [1.29, 1.82) is 0 Å². The van der Waals surface area contributed by atoms with Gasteiger partial charge in [0.25, 0.3) is 5.91 Å². The van der Waals surface area contributed by atoms with Crippen LogP contribution < -0.4 is 21.5 Å². The van der Waals surface area contributed by atoms with E-state index in [4.69, 9.17) is 27.8 Å². The maximum absolute atomic E-state index is 13.0. The summed E-state index contributed by atoms with van der Waals surface area (Å²) in [5.74, 6) is 0.526. The van der Waals surface area contributed by atoms with Gasteiger partial charge in [-0.1, -0.05) is 54.1 Å². The first-order chi connectivity index (χ1) is 18.4. The summed E-state index contributed by atoms with van der Waals surface area (Å²) in [6, 6.07) is 19.0. The van der Waals surface area contributed by atoms with Crippen LogP contribution in [0.3, 0.4) is 0 Å². The van der Waals surface area contributed by atoms with Crippen molar-refractivity contribution in [2.75, 3.05) is 44.8 Å². The summed E-state index contributed by atoms with van der Waals surface area (Å²) in [5.41, 5.74) is 14.3. The Labute approximate surface area is 230 Å². The number of ether oxygens (including phenoxy) is 1. The first kappa shape index (κ1) is 27.7. The van der Waals surface area contributed by atoms with Crippen molar-refractivity contribution < 1.29 is 14.0 Å². The third kappa shape index (κ3) is 7.36. The number of quaternary nitrogens is 1. The lowest BCUT2D eigenvalue weighted by molar-refractivity contribution is -0.933. The van der Waals surface area contributed by atoms with Crippen molar-refractivity contribution in [3.63, 3.8) is 0 Å². The summed E-state index contributed by atoms with van der Waals surface area (Å²) in [6.07, 6.45) is 6.19. The number of aryl methyl sites for hydroxylation is 2. The number of anilines is 2. The summed E-state index contributed by atoms with van der Waals surface area (Å²) < 4.78 is 6.28. The zero-order chi connectivity index (χ0) is 27.0. The number of nitrogen functional groups attached to an aromatic ring is 2. The van der Waals surface area contributed by atoms with E-state index in [-0.39, 0.29) is 34.4 Å². The lowest BCUT2D eigenvalue weighted by Gasteiger charge is -2.45. The van der Waals surface area contributed by atoms with Crippen LogP contribution in [0.25, 0.3) is 0 Å². The lowest BCUT2D eigenvalue weighted by Crippen LogP contribution is -2.60. The van der Waals surface area contributed by atoms with Gasteiger partial charge in [-0.25, -0.2) is 9.97 Å². The molecule has 2 heterocycles. The smallest absolute Gasteiger partial charge is 0.274 e. The van der Waals surface area contributed by atoms with Crippen molar-refractivity contribution in [3.05, 3.63) is 76.6 Å². The number of hydrogen-bond acceptors (Lipinski definition) is 6. The molecule has 5 N–H and O–H groups in total. The van der Waals surface area contributed by atoms with Gasteiger partial charge in [-0.05, 0) is 48.9 Å². The van der Waals surface area contributed by atoms with Gasteiger partial charge in [-0.15, -0.1) is 0 Å². The number of rotatable bonds is 11. The van der Waals surface area contributed by atoms with Gasteiger partial charge in [0.05, 0.1) is 39.3 Å². The number of carbonyl (C=O) groups excluding carboxylic acids is 1. The van der Waals surface area contributed by atoms with Gasteiger partial charge in [0.2, 0.25) is 0 Å². The molecule has 0 bridgehead atoms. The molecule has 8 nitrogen and oxygen atoms in total. The Morgan fingerprint density at radius 2 is 1.66 bits per heavy atom. The van der Waals surface area contributed by atoms with Gasteiger partial charge in [-0.3, -0.25) is 4.79 Å². The zero-order valence-corrected chi connectivity index (χ0v) is 22.8. The number of nitrogens with two attached hydrogens (primary N) is 2. The number of halogens is 1. The van der Waals surface area contributed by atoms with E-state index in [0.29, 0.717) is 0 Å². The highest BCUT2D eigenvalue weighted by atomic mass is 35.5. The van der Waals surface area contributed by atoms with Crippen molar-refractivity contribution >= 4 is 29.1 Å². The number of hydrogen-bond donors (Lipinski definition) is 3. The molecule has 1 aromatic heterocycles. The number of aromatic nitrogens is 2. The van der Waals surface area contributed by atoms with Crippen LogP contribution in [0.5, 0.6) is 5.75 Å². The van der Waals surface area contributed by atoms with E-state index in [1.54, 1.807) is 7.11 Å². The Balaban J connectivity index is 1.42. The molecule has 0 radical (unpaired) electrons. The number of nitrogens with zero attached hydrogens (tertiary/aromatic N) is 3. The highest BCUT2D eigenvalue weighted by molar-refractivity contribution is 6.31. The van der Waals surface area contributed by atoms with E-state index >= 15 is 0 Å². The predicted molar refractivity (Wildman–Crippen MR) is 152 cm³/mol. The van der Waals surface area contributed by atoms with E-state index in [1.165, 1.54) is 11.1 Å². The average molecular weight is 538 g/mol. The fourth-order valence-electron chi connectivity index (χ4n) is 5.50. The number of likely N-dealkylation sites (tertiary alicyclic amines) is 1. The molecule has 1 aliphatic heterocycles. The molecule has 2 atom stereocenters. The zero-order valence-electron chi connectivity index (χ0n) is 22.0. The fraction of sp³-hybridized carbons (Fsp3) is 0.414. The second-order valence-corrected chi connectivity index (χ2v) is 10.5. The summed E-state index contributed by atoms with van der Waals surface area (Å²) in [5, 5.41) is 3.14. The van der Waals surface area contributed by atoms with Crippen LogP contribution in [-0.2, 0) is 12.8 Å². The molecule has 202 valence electrons. The molecular formula is C29H38ClN6O2+. The van der Waals surface area contributed by atoms with Crippen molar-refractivity contribution in [1.82, 2.24) is 15.3 Å². The van der Waals surface area contributed by atoms with E-state index in [1.807, 2.05) is 12.1 Å². The number of carbonyl (C=O) groups is 1. The molecule has 0 aliphatic carbocycles. The third-order valence-corrected chi connectivity index (χ3v) is 7.72. The molecule has 3 aromatic rings. The van der Waals surface area contributed by atoms with Crippen LogP contribution in [0.1, 0.15) is 47.3 Å². The molecule has 4 rings (SSSR count). The number of nitrogens with one attached hydrogen (secondary N) is 1. The largest absolute Gasteiger partial charge is 0.497 e. The van der Waals surface area contributed by atoms with Crippen LogP contribution in [0.15, 0.2) is 54.6 Å². The van der Waals surface area contributed by atoms with Crippen molar-refractivity contribution in [2.45, 2.75) is 44.6 Å². The molecule has 2 unspecified atom stereocenters. The Kier molecular flexibility index (Phi) is 9.42. The van der Waals surface area contributed by atoms with E-state index in [2.05, 4.69) is 57.7 Å². The molecule has 1 amide bonds. The Morgan fingerprint density at radius 3 is 2.32 bits per heavy atom. The lowest BCUT2D eigenvalue weighted by atomic mass is 9.99. The van der Waals surface area contributed by atoms with Crippen LogP contribution in [0, 0.1) is 0 Å². The second-order valence-electron chi connectivity index (χ2n) is 10.2. The van der Waals surface area contributed by atoms with E-state index < -0.39 is 0 Å². The maximum atomic E-state index is 13.0. The number of benzene rings is 2. The van der Waals surface area contributed by atoms with Gasteiger partial charge in [0.1, 0.15) is 5.75 Å². The summed E-state index contributed by atoms with van der Waals surface area (Å²) in [6.45, 7) is 4.11. The first-order valence-electron chi connectivity index (χ1n) is 13.3. The van der Waals surface area contributed by atoms with Crippen molar-refractivity contribution in [2.24, 2.45) is 0 Å². The molecule has 0 spiro atoms. The summed E-state index contributed by atoms with van der Waals surface area (Å²) in [7, 11) is 1.69. The standard InChI is InChI=1S/C29H37ClN6O2/c1-38-24-15-13-22(14-16-24)11-6-18-36(17-5-10-21-8-3-2-4-9-21)19-7-12-23(20-36)33-29(37)25-27(31)35-28(32)26(30)34-25/h2-4,8-9,13-16,23H,5-7,10-12,17-20H2,1H3,(H4-,31,32,33,35,37)/p+1. The molecule has 0 saturated carbocycles. The van der Waals surface area contributed by atoms with Crippen LogP contribution >= 0.6 is 11.6 Å². The van der Waals surface area contributed by atoms with Crippen LogP contribution in [-0.4, -0.2) is 59.7 Å². The molecule has 9 heteroatoms. The Hall–Kier alpha value is -3.36. The Bertz CT molecular complexity index is 1210. The van der Waals surface area contributed by atoms with Gasteiger partial charge >= 0.3 is 0 Å². The molecule has 38 heavy (non-hydrogen) atoms. The summed E-state index contributed by atoms with van der Waals surface area (Å²) >= 11 is 6.01. The first-order valence-corrected chi connectivity index (χ1v) is 13.7. The topological polar surface area (TPSA) is 116 Å². The highest BCUT2D eigenvalue weighted by Gasteiger charge is 2.35. The molecule has 1 aliphatic rings. The normalized spacial score (nSPS) is 19.2. The minimum Gasteiger partial charge on any atom is -0.497 e. The van der Waals surface area contributed by atoms with Gasteiger partial charge in [0.15, 0.2) is 22.5 Å². The van der Waals surface area contributed by atoms with Gasteiger partial charge in [-0.2, -0.15) is 0 Å². The van der Waals surface area contributed by atoms with Gasteiger partial charge < -0.3 is 26.0 Å². The Morgan fingerprint density at radius 1 is 1.00 bits per heavy atom. The average Bonchev–Trinajstić information content (AvgIpc) is 2.92. The minimum atomic E-state index is -0.357. The third-order valence-electron chi connectivity index (χ3n) is 7.45. The predicted octanol–water partition coefficient (Wildman–Crippen LogP) is 4.28. The molecule has 1 saturated heterocycles.